The van der Waals surface area contributed by atoms with Gasteiger partial charge >= 0.3 is 0 Å². The number of hydrogen-bond acceptors (Lipinski definition) is 9. The largest absolute Gasteiger partial charge is 0.496 e. The van der Waals surface area contributed by atoms with Crippen LogP contribution in [0.25, 0.3) is 11.0 Å². The lowest BCUT2D eigenvalue weighted by Crippen LogP contribution is -2.34. The molecule has 0 atom stereocenters. The van der Waals surface area contributed by atoms with Crippen LogP contribution in [0.5, 0.6) is 5.75 Å². The standard InChI is InChI=1S/C23H28N8O2/c1-14-8-18(30-33-14)11-26-22-21-19(28-23(24)29-22)12-27-31(21)13-16-7-6-15(9-20(16)32-2)10-25-17-4-3-5-17/h6-9,12,17,25H,3-5,10-11,13H2,1-2H3,(H3,24,26,28,29). The van der Waals surface area contributed by atoms with Gasteiger partial charge in [-0.25, -0.2) is 4.98 Å². The molecule has 4 N–H and O–H groups in total. The van der Waals surface area contributed by atoms with E-state index in [1.54, 1.807) is 13.3 Å². The van der Waals surface area contributed by atoms with Crippen molar-refractivity contribution in [3.8, 4) is 5.75 Å². The molecule has 0 spiro atoms. The fourth-order valence-electron chi connectivity index (χ4n) is 4.00. The minimum absolute atomic E-state index is 0.182. The molecule has 0 unspecified atom stereocenters. The number of hydrogen-bond donors (Lipinski definition) is 3. The fraction of sp³-hybridized carbons (Fsp3) is 0.391. The summed E-state index contributed by atoms with van der Waals surface area (Å²) < 4.78 is 12.7. The summed E-state index contributed by atoms with van der Waals surface area (Å²) in [5.74, 6) is 2.36. The number of nitrogen functional groups attached to an aromatic ring is 1. The van der Waals surface area contributed by atoms with Crippen LogP contribution in [0, 0.1) is 6.92 Å². The Morgan fingerprint density at radius 2 is 2.09 bits per heavy atom. The predicted octanol–water partition coefficient (Wildman–Crippen LogP) is 3.02. The number of rotatable bonds is 9. The topological polar surface area (TPSA) is 129 Å². The van der Waals surface area contributed by atoms with E-state index in [2.05, 4.69) is 49.1 Å². The molecule has 1 aromatic carbocycles. The number of benzene rings is 1. The van der Waals surface area contributed by atoms with Gasteiger partial charge in [-0.15, -0.1) is 0 Å². The van der Waals surface area contributed by atoms with Crippen LogP contribution in [0.15, 0.2) is 35.0 Å². The monoisotopic (exact) mass is 448 g/mol. The lowest BCUT2D eigenvalue weighted by molar-refractivity contribution is 0.338. The third-order valence-electron chi connectivity index (χ3n) is 5.99. The molecule has 0 bridgehead atoms. The van der Waals surface area contributed by atoms with Gasteiger partial charge in [0.25, 0.3) is 0 Å². The van der Waals surface area contributed by atoms with Crippen molar-refractivity contribution in [2.24, 2.45) is 0 Å². The second-order valence-corrected chi connectivity index (χ2v) is 8.40. The first kappa shape index (κ1) is 21.2. The zero-order chi connectivity index (χ0) is 22.8. The van der Waals surface area contributed by atoms with Gasteiger partial charge in [0, 0.05) is 24.2 Å². The Morgan fingerprint density at radius 3 is 2.82 bits per heavy atom. The lowest BCUT2D eigenvalue weighted by Gasteiger charge is -2.26. The Bertz CT molecular complexity index is 1260. The van der Waals surface area contributed by atoms with Crippen molar-refractivity contribution in [2.45, 2.75) is 51.9 Å². The molecule has 172 valence electrons. The smallest absolute Gasteiger partial charge is 0.222 e. The Hall–Kier alpha value is -3.66. The molecule has 3 heterocycles. The van der Waals surface area contributed by atoms with Crippen LogP contribution >= 0.6 is 0 Å². The van der Waals surface area contributed by atoms with Gasteiger partial charge in [0.05, 0.1) is 26.4 Å². The number of nitrogens with one attached hydrogen (secondary N) is 2. The molecule has 1 aliphatic carbocycles. The van der Waals surface area contributed by atoms with Crippen molar-refractivity contribution in [3.05, 3.63) is 53.0 Å². The van der Waals surface area contributed by atoms with Gasteiger partial charge in [-0.3, -0.25) is 4.68 Å². The van der Waals surface area contributed by atoms with Gasteiger partial charge in [-0.2, -0.15) is 10.1 Å². The van der Waals surface area contributed by atoms with E-state index < -0.39 is 0 Å². The first-order valence-electron chi connectivity index (χ1n) is 11.1. The third-order valence-corrected chi connectivity index (χ3v) is 5.99. The Labute approximate surface area is 191 Å². The first-order valence-corrected chi connectivity index (χ1v) is 11.1. The molecule has 5 rings (SSSR count). The van der Waals surface area contributed by atoms with Gasteiger partial charge in [0.1, 0.15) is 28.2 Å². The van der Waals surface area contributed by atoms with E-state index in [1.807, 2.05) is 17.7 Å². The number of aromatic nitrogens is 5. The van der Waals surface area contributed by atoms with E-state index in [4.69, 9.17) is 15.0 Å². The normalized spacial score (nSPS) is 13.9. The summed E-state index contributed by atoms with van der Waals surface area (Å²) in [6.45, 7) is 3.65. The SMILES string of the molecule is COc1cc(CNC2CCC2)ccc1Cn1ncc2nc(N)nc(NCc3cc(C)on3)c21. The summed E-state index contributed by atoms with van der Waals surface area (Å²) in [6, 6.07) is 8.83. The number of aryl methyl sites for hydroxylation is 1. The highest BCUT2D eigenvalue weighted by Crippen LogP contribution is 2.26. The second kappa shape index (κ2) is 9.07. The third kappa shape index (κ3) is 4.61. The highest BCUT2D eigenvalue weighted by Gasteiger charge is 2.17. The number of ether oxygens (including phenoxy) is 1. The van der Waals surface area contributed by atoms with Gasteiger partial charge in [0.2, 0.25) is 5.95 Å². The zero-order valence-corrected chi connectivity index (χ0v) is 18.8. The summed E-state index contributed by atoms with van der Waals surface area (Å²) in [6.07, 6.45) is 5.55. The molecule has 10 nitrogen and oxygen atoms in total. The van der Waals surface area contributed by atoms with E-state index in [0.717, 1.165) is 34.8 Å². The molecule has 0 aliphatic heterocycles. The van der Waals surface area contributed by atoms with Crippen molar-refractivity contribution in [2.75, 3.05) is 18.2 Å². The van der Waals surface area contributed by atoms with E-state index in [0.29, 0.717) is 30.5 Å². The number of nitrogens with zero attached hydrogens (tertiary/aromatic N) is 5. The Balaban J connectivity index is 1.39. The van der Waals surface area contributed by atoms with Gasteiger partial charge in [-0.05, 0) is 31.4 Å². The van der Waals surface area contributed by atoms with Crippen molar-refractivity contribution in [3.63, 3.8) is 0 Å². The van der Waals surface area contributed by atoms with Crippen LogP contribution in [0.1, 0.15) is 41.8 Å². The molecule has 4 aromatic rings. The number of anilines is 2. The molecule has 1 saturated carbocycles. The minimum atomic E-state index is 0.182. The second-order valence-electron chi connectivity index (χ2n) is 8.40. The predicted molar refractivity (Wildman–Crippen MR) is 125 cm³/mol. The van der Waals surface area contributed by atoms with Crippen LogP contribution in [0.3, 0.4) is 0 Å². The van der Waals surface area contributed by atoms with Gasteiger partial charge in [0.15, 0.2) is 5.82 Å². The van der Waals surface area contributed by atoms with Crippen LogP contribution in [-0.4, -0.2) is 38.1 Å². The molecular formula is C23H28N8O2. The highest BCUT2D eigenvalue weighted by atomic mass is 16.5. The Morgan fingerprint density at radius 1 is 1.21 bits per heavy atom. The van der Waals surface area contributed by atoms with Crippen LogP contribution in [0.2, 0.25) is 0 Å². The minimum Gasteiger partial charge on any atom is -0.496 e. The Kier molecular flexibility index (Phi) is 5.82. The molecule has 10 heteroatoms. The van der Waals surface area contributed by atoms with E-state index in [9.17, 15) is 0 Å². The molecule has 0 amide bonds. The summed E-state index contributed by atoms with van der Waals surface area (Å²) >= 11 is 0. The van der Waals surface area contributed by atoms with E-state index in [-0.39, 0.29) is 5.95 Å². The van der Waals surface area contributed by atoms with Crippen molar-refractivity contribution < 1.29 is 9.26 Å². The number of nitrogens with two attached hydrogens (primary N) is 1. The number of methoxy groups -OCH3 is 1. The molecule has 1 aliphatic rings. The van der Waals surface area contributed by atoms with Gasteiger partial charge in [-0.1, -0.05) is 23.7 Å². The maximum absolute atomic E-state index is 5.93. The first-order chi connectivity index (χ1) is 16.1. The van der Waals surface area contributed by atoms with E-state index >= 15 is 0 Å². The summed E-state index contributed by atoms with van der Waals surface area (Å²) in [5.41, 5.74) is 10.4. The molecular weight excluding hydrogens is 420 g/mol. The van der Waals surface area contributed by atoms with Crippen LogP contribution < -0.4 is 21.1 Å². The maximum Gasteiger partial charge on any atom is 0.222 e. The number of fused-ring (bicyclic) bond motifs is 1. The summed E-state index contributed by atoms with van der Waals surface area (Å²) in [7, 11) is 1.69. The molecule has 33 heavy (non-hydrogen) atoms. The molecule has 0 saturated heterocycles. The van der Waals surface area contributed by atoms with Crippen molar-refractivity contribution >= 4 is 22.8 Å². The quantitative estimate of drug-likeness (QED) is 0.354. The fourth-order valence-corrected chi connectivity index (χ4v) is 4.00. The average molecular weight is 449 g/mol. The van der Waals surface area contributed by atoms with Crippen LogP contribution in [0.4, 0.5) is 11.8 Å². The van der Waals surface area contributed by atoms with Crippen molar-refractivity contribution in [1.82, 2.24) is 30.2 Å². The van der Waals surface area contributed by atoms with Crippen LogP contribution in [-0.2, 0) is 19.6 Å². The summed E-state index contributed by atoms with van der Waals surface area (Å²) in [5, 5.41) is 15.5. The van der Waals surface area contributed by atoms with Gasteiger partial charge < -0.3 is 25.6 Å². The van der Waals surface area contributed by atoms with Crippen molar-refractivity contribution in [1.29, 1.82) is 0 Å². The lowest BCUT2D eigenvalue weighted by atomic mass is 9.93. The molecule has 1 fully saturated rings. The molecule has 3 aromatic heterocycles. The highest BCUT2D eigenvalue weighted by molar-refractivity contribution is 5.86. The summed E-state index contributed by atoms with van der Waals surface area (Å²) in [4.78, 5) is 8.74. The average Bonchev–Trinajstić information content (AvgIpc) is 3.37. The maximum atomic E-state index is 5.93. The van der Waals surface area contributed by atoms with E-state index in [1.165, 1.54) is 24.8 Å². The zero-order valence-electron chi connectivity index (χ0n) is 18.8. The molecule has 0 radical (unpaired) electrons.